The fourth-order valence-electron chi connectivity index (χ4n) is 1.86. The molecule has 6 nitrogen and oxygen atoms in total. The Morgan fingerprint density at radius 1 is 1.11 bits per heavy atom. The third-order valence-electron chi connectivity index (χ3n) is 3.44. The van der Waals surface area contributed by atoms with Crippen molar-refractivity contribution in [3.05, 3.63) is 63.4 Å². The van der Waals surface area contributed by atoms with Gasteiger partial charge in [-0.15, -0.1) is 0 Å². The van der Waals surface area contributed by atoms with Crippen LogP contribution in [0.5, 0.6) is 0 Å². The predicted octanol–water partition coefficient (Wildman–Crippen LogP) is 3.57. The van der Waals surface area contributed by atoms with Gasteiger partial charge in [0.25, 0.3) is 5.91 Å². The molecule has 0 saturated heterocycles. The zero-order valence-electron chi connectivity index (χ0n) is 14.3. The number of aliphatic imine (C=N–C) groups is 1. The second-order valence-electron chi connectivity index (χ2n) is 6.03. The zero-order chi connectivity index (χ0) is 20.2. The fourth-order valence-corrected chi connectivity index (χ4v) is 1.99. The first-order valence-corrected chi connectivity index (χ1v) is 8.05. The van der Waals surface area contributed by atoms with Crippen molar-refractivity contribution < 1.29 is 18.0 Å². The number of aromatic nitrogens is 1. The molecule has 2 rings (SSSR count). The number of hydrogen-bond donors (Lipinski definition) is 3. The quantitative estimate of drug-likeness (QED) is 0.544. The van der Waals surface area contributed by atoms with Crippen LogP contribution in [0.25, 0.3) is 0 Å². The molecule has 0 spiro atoms. The number of amides is 1. The van der Waals surface area contributed by atoms with Crippen molar-refractivity contribution in [2.45, 2.75) is 25.6 Å². The smallest absolute Gasteiger partial charge is 0.312 e. The summed E-state index contributed by atoms with van der Waals surface area (Å²) < 4.78 is 39.5. The number of guanidine groups is 1. The molecule has 0 aliphatic rings. The van der Waals surface area contributed by atoms with Crippen LogP contribution < -0.4 is 16.2 Å². The van der Waals surface area contributed by atoms with E-state index in [0.29, 0.717) is 5.02 Å². The molecule has 0 aliphatic carbocycles. The number of rotatable bonds is 3. The van der Waals surface area contributed by atoms with Crippen LogP contribution in [0, 0.1) is 0 Å². The van der Waals surface area contributed by atoms with Crippen LogP contribution in [-0.2, 0) is 0 Å². The summed E-state index contributed by atoms with van der Waals surface area (Å²) >= 11 is 5.76. The molecule has 0 unspecified atom stereocenters. The molecule has 144 valence electrons. The van der Waals surface area contributed by atoms with Crippen molar-refractivity contribution in [2.24, 2.45) is 4.99 Å². The third kappa shape index (κ3) is 5.58. The lowest BCUT2D eigenvalue weighted by Crippen LogP contribution is -2.44. The standard InChI is InChI=1S/C17H16ClF3N4O2/c1-16(2,17(19,20)21)25-15(23-12-4-3-5-13(26)22-12)24-14(27)10-6-8-11(18)9-7-10/h3-9H,1-2H3,(H3,22,23,24,25,26,27). The molecule has 0 bridgehead atoms. The monoisotopic (exact) mass is 400 g/mol. The van der Waals surface area contributed by atoms with Gasteiger partial charge in [-0.3, -0.25) is 14.9 Å². The number of benzene rings is 1. The molecule has 2 aromatic rings. The van der Waals surface area contributed by atoms with Gasteiger partial charge in [-0.2, -0.15) is 13.2 Å². The zero-order valence-corrected chi connectivity index (χ0v) is 15.1. The van der Waals surface area contributed by atoms with Crippen molar-refractivity contribution in [2.75, 3.05) is 5.32 Å². The Bertz CT molecular complexity index is 905. The molecule has 27 heavy (non-hydrogen) atoms. The summed E-state index contributed by atoms with van der Waals surface area (Å²) in [7, 11) is 0. The average molecular weight is 401 g/mol. The van der Waals surface area contributed by atoms with Gasteiger partial charge in [0, 0.05) is 16.7 Å². The van der Waals surface area contributed by atoms with Crippen LogP contribution in [0.15, 0.2) is 52.3 Å². The predicted molar refractivity (Wildman–Crippen MR) is 97.2 cm³/mol. The van der Waals surface area contributed by atoms with E-state index in [-0.39, 0.29) is 11.4 Å². The molecule has 10 heteroatoms. The summed E-state index contributed by atoms with van der Waals surface area (Å²) in [5.74, 6) is -1.11. The highest BCUT2D eigenvalue weighted by Gasteiger charge is 2.48. The van der Waals surface area contributed by atoms with Crippen LogP contribution in [0.3, 0.4) is 0 Å². The van der Waals surface area contributed by atoms with Crippen molar-refractivity contribution in [1.29, 1.82) is 0 Å². The van der Waals surface area contributed by atoms with Gasteiger partial charge < -0.3 is 10.3 Å². The summed E-state index contributed by atoms with van der Waals surface area (Å²) in [5, 5.41) is 5.18. The summed E-state index contributed by atoms with van der Waals surface area (Å²) in [4.78, 5) is 29.7. The SMILES string of the molecule is CC(C)(N=C(NC(=O)c1ccc(Cl)cc1)Nc1cccc(=O)[nH]1)C(F)(F)F. The lowest BCUT2D eigenvalue weighted by atomic mass is 10.1. The molecule has 0 radical (unpaired) electrons. The molecule has 3 N–H and O–H groups in total. The first-order chi connectivity index (χ1) is 12.5. The number of alkyl halides is 3. The number of pyridine rings is 1. The molecule has 1 aromatic carbocycles. The van der Waals surface area contributed by atoms with E-state index in [9.17, 15) is 22.8 Å². The Morgan fingerprint density at radius 2 is 1.74 bits per heavy atom. The minimum atomic E-state index is -4.66. The van der Waals surface area contributed by atoms with Crippen LogP contribution >= 0.6 is 11.6 Å². The maximum absolute atomic E-state index is 13.2. The molecule has 0 atom stereocenters. The molecule has 0 aliphatic heterocycles. The Kier molecular flexibility index (Phi) is 5.94. The Hall–Kier alpha value is -2.81. The van der Waals surface area contributed by atoms with Crippen molar-refractivity contribution in [3.8, 4) is 0 Å². The van der Waals surface area contributed by atoms with Gasteiger partial charge in [0.05, 0.1) is 0 Å². The van der Waals surface area contributed by atoms with Gasteiger partial charge in [0.1, 0.15) is 5.82 Å². The lowest BCUT2D eigenvalue weighted by molar-refractivity contribution is -0.174. The van der Waals surface area contributed by atoms with E-state index in [1.807, 2.05) is 0 Å². The van der Waals surface area contributed by atoms with Gasteiger partial charge in [-0.1, -0.05) is 17.7 Å². The molecule has 0 fully saturated rings. The summed E-state index contributed by atoms with van der Waals surface area (Å²) in [5.41, 5.74) is -2.80. The molecule has 1 aromatic heterocycles. The number of nitrogens with one attached hydrogen (secondary N) is 3. The molecule has 1 heterocycles. The van der Waals surface area contributed by atoms with E-state index in [2.05, 4.69) is 20.6 Å². The number of aromatic amines is 1. The Morgan fingerprint density at radius 3 is 2.30 bits per heavy atom. The Labute approximate surface area is 157 Å². The largest absolute Gasteiger partial charge is 0.413 e. The molecule has 0 saturated carbocycles. The summed E-state index contributed by atoms with van der Waals surface area (Å²) in [6, 6.07) is 9.79. The first-order valence-electron chi connectivity index (χ1n) is 7.68. The highest BCUT2D eigenvalue weighted by Crippen LogP contribution is 2.33. The van der Waals surface area contributed by atoms with Gasteiger partial charge >= 0.3 is 6.18 Å². The van der Waals surface area contributed by atoms with Crippen molar-refractivity contribution in [3.63, 3.8) is 0 Å². The van der Waals surface area contributed by atoms with E-state index in [4.69, 9.17) is 11.6 Å². The third-order valence-corrected chi connectivity index (χ3v) is 3.70. The number of hydrogen-bond acceptors (Lipinski definition) is 3. The normalized spacial score (nSPS) is 12.6. The van der Waals surface area contributed by atoms with Crippen LogP contribution in [0.4, 0.5) is 19.0 Å². The maximum Gasteiger partial charge on any atom is 0.413 e. The second kappa shape index (κ2) is 7.83. The number of H-pyrrole nitrogens is 1. The van der Waals surface area contributed by atoms with Crippen molar-refractivity contribution >= 4 is 29.3 Å². The van der Waals surface area contributed by atoms with Crippen LogP contribution in [0.2, 0.25) is 5.02 Å². The number of carbonyl (C=O) groups excluding carboxylic acids is 1. The summed E-state index contributed by atoms with van der Waals surface area (Å²) in [6.45, 7) is 1.72. The lowest BCUT2D eigenvalue weighted by Gasteiger charge is -2.25. The number of halogens is 4. The van der Waals surface area contributed by atoms with Gasteiger partial charge in [-0.05, 0) is 44.2 Å². The first kappa shape index (κ1) is 20.5. The number of carbonyl (C=O) groups is 1. The molecule has 1 amide bonds. The maximum atomic E-state index is 13.2. The fraction of sp³-hybridized carbons (Fsp3) is 0.235. The van der Waals surface area contributed by atoms with E-state index >= 15 is 0 Å². The van der Waals surface area contributed by atoms with Gasteiger partial charge in [0.15, 0.2) is 5.54 Å². The van der Waals surface area contributed by atoms with E-state index in [1.54, 1.807) is 0 Å². The minimum Gasteiger partial charge on any atom is -0.312 e. The highest BCUT2D eigenvalue weighted by molar-refractivity contribution is 6.30. The van der Waals surface area contributed by atoms with Gasteiger partial charge in [0.2, 0.25) is 11.5 Å². The number of nitrogens with zero attached hydrogens (tertiary/aromatic N) is 1. The van der Waals surface area contributed by atoms with Crippen LogP contribution in [-0.4, -0.2) is 28.6 Å². The second-order valence-corrected chi connectivity index (χ2v) is 6.47. The van der Waals surface area contributed by atoms with E-state index in [1.165, 1.54) is 42.5 Å². The highest BCUT2D eigenvalue weighted by atomic mass is 35.5. The van der Waals surface area contributed by atoms with Crippen LogP contribution in [0.1, 0.15) is 24.2 Å². The van der Waals surface area contributed by atoms with E-state index < -0.39 is 29.1 Å². The van der Waals surface area contributed by atoms with Crippen molar-refractivity contribution in [1.82, 2.24) is 10.3 Å². The van der Waals surface area contributed by atoms with E-state index in [0.717, 1.165) is 13.8 Å². The van der Waals surface area contributed by atoms with Gasteiger partial charge in [-0.25, -0.2) is 4.99 Å². The summed E-state index contributed by atoms with van der Waals surface area (Å²) in [6.07, 6.45) is -4.66. The minimum absolute atomic E-state index is 0.0654. The molecular weight excluding hydrogens is 385 g/mol. The Balaban J connectivity index is 2.35. The topological polar surface area (TPSA) is 86.3 Å². The molecular formula is C17H16ClF3N4O2. The average Bonchev–Trinajstić information content (AvgIpc) is 2.53. The number of anilines is 1.